The van der Waals surface area contributed by atoms with E-state index >= 15 is 0 Å². The van der Waals surface area contributed by atoms with Crippen LogP contribution in [-0.2, 0) is 9.47 Å². The second kappa shape index (κ2) is 5.66. The summed E-state index contributed by atoms with van der Waals surface area (Å²) in [6.45, 7) is 8.75. The summed E-state index contributed by atoms with van der Waals surface area (Å²) < 4.78 is 11.1. The molecular weight excluding hydrogens is 163 g/mol. The first-order valence-corrected chi connectivity index (χ1v) is 5.23. The number of rotatable bonds is 6. The maximum atomic E-state index is 5.92. The van der Waals surface area contributed by atoms with Crippen LogP contribution in [0.4, 0.5) is 0 Å². The van der Waals surface area contributed by atoms with Crippen LogP contribution in [0, 0.1) is 5.92 Å². The number of ether oxygens (including phenoxy) is 2. The average Bonchev–Trinajstić information content (AvgIpc) is 2.13. The lowest BCUT2D eigenvalue weighted by Gasteiger charge is -2.38. The first kappa shape index (κ1) is 13.0. The second-order valence-electron chi connectivity index (χ2n) is 3.85. The first-order chi connectivity index (χ1) is 6.02. The fraction of sp³-hybridized carbons (Fsp3) is 1.00. The molecule has 0 N–H and O–H groups in total. The van der Waals surface area contributed by atoms with Gasteiger partial charge in [-0.05, 0) is 18.8 Å². The molecule has 0 saturated heterocycles. The van der Waals surface area contributed by atoms with Crippen LogP contribution in [-0.4, -0.2) is 26.7 Å². The third-order valence-electron chi connectivity index (χ3n) is 2.98. The van der Waals surface area contributed by atoms with Gasteiger partial charge in [0.15, 0.2) is 7.85 Å². The van der Waals surface area contributed by atoms with Gasteiger partial charge in [0.05, 0.1) is 5.60 Å². The van der Waals surface area contributed by atoms with Crippen molar-refractivity contribution in [2.75, 3.05) is 7.11 Å². The summed E-state index contributed by atoms with van der Waals surface area (Å²) in [5.74, 6) is 0.528. The van der Waals surface area contributed by atoms with Crippen molar-refractivity contribution < 1.29 is 9.47 Å². The standard InChI is InChI=1S/C10H23BO2/c1-6-10(7-2,8(3)4)13-9(11)12-5/h8-9H,6-7,11H2,1-5H3. The van der Waals surface area contributed by atoms with Gasteiger partial charge in [-0.25, -0.2) is 0 Å². The normalized spacial score (nSPS) is 14.9. The smallest absolute Gasteiger partial charge is 0.174 e. The summed E-state index contributed by atoms with van der Waals surface area (Å²) in [5.41, 5.74) is -0.0184. The zero-order valence-electron chi connectivity index (χ0n) is 9.89. The topological polar surface area (TPSA) is 18.5 Å². The highest BCUT2D eigenvalue weighted by Crippen LogP contribution is 2.30. The Balaban J connectivity index is 4.38. The summed E-state index contributed by atoms with van der Waals surface area (Å²) in [6.07, 6.45) is 1.96. The largest absolute Gasteiger partial charge is 0.365 e. The van der Waals surface area contributed by atoms with Crippen LogP contribution in [0.15, 0.2) is 0 Å². The van der Waals surface area contributed by atoms with E-state index in [1.807, 2.05) is 7.85 Å². The van der Waals surface area contributed by atoms with Gasteiger partial charge in [-0.1, -0.05) is 27.7 Å². The molecule has 1 atom stereocenters. The molecule has 2 nitrogen and oxygen atoms in total. The highest BCUT2D eigenvalue weighted by Gasteiger charge is 2.32. The van der Waals surface area contributed by atoms with E-state index in [9.17, 15) is 0 Å². The van der Waals surface area contributed by atoms with Crippen molar-refractivity contribution >= 4 is 7.85 Å². The maximum absolute atomic E-state index is 5.92. The minimum absolute atomic E-state index is 0.0184. The van der Waals surface area contributed by atoms with E-state index < -0.39 is 0 Å². The molecule has 0 aromatic heterocycles. The van der Waals surface area contributed by atoms with Gasteiger partial charge in [-0.2, -0.15) is 0 Å². The van der Waals surface area contributed by atoms with Gasteiger partial charge in [-0.3, -0.25) is 0 Å². The molecular formula is C10H23BO2. The van der Waals surface area contributed by atoms with Gasteiger partial charge in [0.2, 0.25) is 0 Å². The lowest BCUT2D eigenvalue weighted by Crippen LogP contribution is -2.41. The highest BCUT2D eigenvalue weighted by atomic mass is 16.7. The van der Waals surface area contributed by atoms with Crippen molar-refractivity contribution in [2.45, 2.75) is 52.3 Å². The second-order valence-corrected chi connectivity index (χ2v) is 3.85. The van der Waals surface area contributed by atoms with Crippen LogP contribution in [0.2, 0.25) is 0 Å². The number of hydrogen-bond donors (Lipinski definition) is 0. The lowest BCUT2D eigenvalue weighted by atomic mass is 9.84. The van der Waals surface area contributed by atoms with Crippen LogP contribution >= 0.6 is 0 Å². The summed E-state index contributed by atoms with van der Waals surface area (Å²) in [6, 6.07) is 0. The average molecular weight is 186 g/mol. The van der Waals surface area contributed by atoms with Crippen LogP contribution in [0.25, 0.3) is 0 Å². The molecule has 0 fully saturated rings. The van der Waals surface area contributed by atoms with Crippen molar-refractivity contribution in [3.63, 3.8) is 0 Å². The van der Waals surface area contributed by atoms with Crippen LogP contribution in [0.3, 0.4) is 0 Å². The molecule has 13 heavy (non-hydrogen) atoms. The predicted molar refractivity (Wildman–Crippen MR) is 58.6 cm³/mol. The molecule has 3 heteroatoms. The monoisotopic (exact) mass is 186 g/mol. The van der Waals surface area contributed by atoms with Crippen molar-refractivity contribution in [3.05, 3.63) is 0 Å². The zero-order chi connectivity index (χ0) is 10.5. The summed E-state index contributed by atoms with van der Waals surface area (Å²) >= 11 is 0. The molecule has 0 aliphatic heterocycles. The van der Waals surface area contributed by atoms with Gasteiger partial charge in [0.1, 0.15) is 6.19 Å². The molecule has 0 spiro atoms. The van der Waals surface area contributed by atoms with Gasteiger partial charge in [0, 0.05) is 7.11 Å². The number of hydrogen-bond acceptors (Lipinski definition) is 2. The Morgan fingerprint density at radius 1 is 1.23 bits per heavy atom. The molecule has 0 aromatic rings. The maximum Gasteiger partial charge on any atom is 0.174 e. The summed E-state index contributed by atoms with van der Waals surface area (Å²) in [5, 5.41) is 0. The SMILES string of the molecule is BC(OC)OC(CC)(CC)C(C)C. The minimum atomic E-state index is -0.109. The Morgan fingerprint density at radius 3 is 1.92 bits per heavy atom. The Hall–Kier alpha value is -0.0151. The van der Waals surface area contributed by atoms with Gasteiger partial charge in [-0.15, -0.1) is 0 Å². The van der Waals surface area contributed by atoms with E-state index in [1.165, 1.54) is 0 Å². The van der Waals surface area contributed by atoms with Crippen molar-refractivity contribution in [1.82, 2.24) is 0 Å². The molecule has 0 aliphatic carbocycles. The molecule has 0 aromatic carbocycles. The Labute approximate surface area is 83.4 Å². The van der Waals surface area contributed by atoms with Crippen LogP contribution in [0.1, 0.15) is 40.5 Å². The Bertz CT molecular complexity index is 133. The lowest BCUT2D eigenvalue weighted by molar-refractivity contribution is -0.179. The van der Waals surface area contributed by atoms with Crippen LogP contribution in [0.5, 0.6) is 0 Å². The van der Waals surface area contributed by atoms with Crippen LogP contribution < -0.4 is 0 Å². The highest BCUT2D eigenvalue weighted by molar-refractivity contribution is 6.10. The molecule has 0 saturated carbocycles. The molecule has 0 bridgehead atoms. The fourth-order valence-electron chi connectivity index (χ4n) is 1.75. The fourth-order valence-corrected chi connectivity index (χ4v) is 1.75. The van der Waals surface area contributed by atoms with Crippen molar-refractivity contribution in [3.8, 4) is 0 Å². The molecule has 0 radical (unpaired) electrons. The third-order valence-corrected chi connectivity index (χ3v) is 2.98. The van der Waals surface area contributed by atoms with E-state index in [2.05, 4.69) is 27.7 Å². The molecule has 0 aliphatic rings. The molecule has 1 unspecified atom stereocenters. The van der Waals surface area contributed by atoms with Gasteiger partial charge < -0.3 is 9.47 Å². The van der Waals surface area contributed by atoms with E-state index in [0.29, 0.717) is 5.92 Å². The Kier molecular flexibility index (Phi) is 5.65. The first-order valence-electron chi connectivity index (χ1n) is 5.23. The third kappa shape index (κ3) is 3.32. The quantitative estimate of drug-likeness (QED) is 0.465. The number of methoxy groups -OCH3 is 1. The molecule has 0 amide bonds. The van der Waals surface area contributed by atoms with E-state index in [4.69, 9.17) is 9.47 Å². The zero-order valence-corrected chi connectivity index (χ0v) is 9.89. The molecule has 0 rings (SSSR count). The molecule has 78 valence electrons. The summed E-state index contributed by atoms with van der Waals surface area (Å²) in [7, 11) is 3.63. The van der Waals surface area contributed by atoms with Gasteiger partial charge >= 0.3 is 0 Å². The summed E-state index contributed by atoms with van der Waals surface area (Å²) in [4.78, 5) is 0. The predicted octanol–water partition coefficient (Wildman–Crippen LogP) is 1.78. The van der Waals surface area contributed by atoms with Crippen molar-refractivity contribution in [2.24, 2.45) is 5.92 Å². The van der Waals surface area contributed by atoms with Crippen molar-refractivity contribution in [1.29, 1.82) is 0 Å². The van der Waals surface area contributed by atoms with E-state index in [0.717, 1.165) is 12.8 Å². The van der Waals surface area contributed by atoms with Gasteiger partial charge in [0.25, 0.3) is 0 Å². The van der Waals surface area contributed by atoms with E-state index in [1.54, 1.807) is 7.11 Å². The van der Waals surface area contributed by atoms with E-state index in [-0.39, 0.29) is 11.8 Å². The Morgan fingerprint density at radius 2 is 1.69 bits per heavy atom. The molecule has 0 heterocycles. The minimum Gasteiger partial charge on any atom is -0.365 e.